The minimum absolute atomic E-state index is 0.421. The van der Waals surface area contributed by atoms with Crippen molar-refractivity contribution in [1.82, 2.24) is 0 Å². The Bertz CT molecular complexity index is 381. The van der Waals surface area contributed by atoms with E-state index in [2.05, 4.69) is 63.4 Å². The average Bonchev–Trinajstić information content (AvgIpc) is 2.30. The molecule has 0 heterocycles. The number of benzene rings is 2. The van der Waals surface area contributed by atoms with Gasteiger partial charge in [-0.2, -0.15) is 0 Å². The van der Waals surface area contributed by atoms with Crippen LogP contribution >= 0.6 is 6.21 Å². The van der Waals surface area contributed by atoms with Crippen LogP contribution in [0.15, 0.2) is 60.7 Å². The van der Waals surface area contributed by atoms with Gasteiger partial charge in [-0.3, -0.25) is 0 Å². The van der Waals surface area contributed by atoms with E-state index in [0.29, 0.717) is 0 Å². The van der Waals surface area contributed by atoms with E-state index < -0.39 is 6.21 Å². The standard InChI is InChI=1S/C12H10P.Co.H/c1-3-7-11(8-4-1)13-12-9-5-2-6-10-12;;/h1-10H;;/q-1;+2;. The normalized spacial score (nSPS) is 9.86. The van der Waals surface area contributed by atoms with Gasteiger partial charge in [0, 0.05) is 0 Å². The molecule has 0 saturated carbocycles. The van der Waals surface area contributed by atoms with Crippen molar-refractivity contribution in [3.63, 3.8) is 0 Å². The van der Waals surface area contributed by atoms with Crippen LogP contribution in [0.1, 0.15) is 0 Å². The van der Waals surface area contributed by atoms with E-state index >= 15 is 0 Å². The van der Waals surface area contributed by atoms with Gasteiger partial charge in [0.05, 0.1) is 0 Å². The second-order valence-electron chi connectivity index (χ2n) is 2.94. The van der Waals surface area contributed by atoms with Crippen LogP contribution in [-0.4, -0.2) is 0 Å². The Kier molecular flexibility index (Phi) is 3.25. The van der Waals surface area contributed by atoms with Crippen molar-refractivity contribution in [2.75, 3.05) is 0 Å². The van der Waals surface area contributed by atoms with E-state index in [1.807, 2.05) is 12.1 Å². The summed E-state index contributed by atoms with van der Waals surface area (Å²) < 4.78 is 0. The summed E-state index contributed by atoms with van der Waals surface area (Å²) in [5.41, 5.74) is 0. The van der Waals surface area contributed by atoms with Gasteiger partial charge in [0.15, 0.2) is 0 Å². The van der Waals surface area contributed by atoms with E-state index in [-0.39, 0.29) is 0 Å². The average molecular weight is 245 g/mol. The predicted molar refractivity (Wildman–Crippen MR) is 60.5 cm³/mol. The van der Waals surface area contributed by atoms with E-state index in [1.54, 1.807) is 0 Å². The summed E-state index contributed by atoms with van der Waals surface area (Å²) in [6.07, 6.45) is -0.421. The monoisotopic (exact) mass is 245 g/mol. The van der Waals surface area contributed by atoms with E-state index in [1.165, 1.54) is 10.6 Å². The van der Waals surface area contributed by atoms with Crippen LogP contribution in [0.4, 0.5) is 0 Å². The van der Waals surface area contributed by atoms with E-state index in [4.69, 9.17) is 0 Å². The van der Waals surface area contributed by atoms with Gasteiger partial charge in [-0.1, -0.05) is 0 Å². The molecule has 0 radical (unpaired) electrons. The van der Waals surface area contributed by atoms with Crippen molar-refractivity contribution in [2.24, 2.45) is 0 Å². The first-order valence-electron chi connectivity index (χ1n) is 4.43. The second-order valence-corrected chi connectivity index (χ2v) is 6.00. The molecule has 0 fully saturated rings. The van der Waals surface area contributed by atoms with E-state index in [9.17, 15) is 0 Å². The molecule has 0 amide bonds. The van der Waals surface area contributed by atoms with Crippen molar-refractivity contribution in [2.45, 2.75) is 0 Å². The molecule has 0 saturated heterocycles. The summed E-state index contributed by atoms with van der Waals surface area (Å²) in [6.45, 7) is 0. The molecule has 2 rings (SSSR count). The molecule has 0 aliphatic rings. The molecule has 0 aliphatic carbocycles. The summed E-state index contributed by atoms with van der Waals surface area (Å²) in [7, 11) is 0. The summed E-state index contributed by atoms with van der Waals surface area (Å²) in [6, 6.07) is 20.9. The van der Waals surface area contributed by atoms with Gasteiger partial charge in [-0.25, -0.2) is 0 Å². The Labute approximate surface area is 92.4 Å². The Morgan fingerprint density at radius 2 is 1.00 bits per heavy atom. The van der Waals surface area contributed by atoms with Gasteiger partial charge in [0.2, 0.25) is 0 Å². The molecule has 0 aromatic heterocycles. The van der Waals surface area contributed by atoms with Crippen LogP contribution in [0.25, 0.3) is 0 Å². The zero-order valence-electron chi connectivity index (χ0n) is 7.57. The quantitative estimate of drug-likeness (QED) is 0.712. The molecule has 0 N–H and O–H groups in total. The van der Waals surface area contributed by atoms with Crippen LogP contribution in [0.3, 0.4) is 0 Å². The minimum atomic E-state index is -0.421. The third-order valence-electron chi connectivity index (χ3n) is 1.95. The molecule has 0 nitrogen and oxygen atoms in total. The van der Waals surface area contributed by atoms with Gasteiger partial charge in [-0.05, 0) is 0 Å². The molecule has 2 heteroatoms. The van der Waals surface area contributed by atoms with Crippen LogP contribution in [-0.2, 0) is 14.8 Å². The maximum atomic E-state index is 4.24. The SMILES string of the molecule is [CoH]=[P+](c1ccccc1)c1ccccc1. The first-order valence-corrected chi connectivity index (χ1v) is 7.12. The fraction of sp³-hybridized carbons (Fsp3) is 0. The maximum absolute atomic E-state index is 4.24. The van der Waals surface area contributed by atoms with Crippen LogP contribution in [0, 0.1) is 0 Å². The molecule has 0 spiro atoms. The molecule has 0 aliphatic heterocycles. The zero-order valence-corrected chi connectivity index (χ0v) is 9.57. The van der Waals surface area contributed by atoms with Crippen molar-refractivity contribution in [1.29, 1.82) is 0 Å². The second kappa shape index (κ2) is 4.65. The van der Waals surface area contributed by atoms with Crippen molar-refractivity contribution < 1.29 is 14.8 Å². The summed E-state index contributed by atoms with van der Waals surface area (Å²) >= 11 is 4.24. The first-order chi connectivity index (χ1) is 6.88. The summed E-state index contributed by atoms with van der Waals surface area (Å²) in [5.74, 6) is 0. The van der Waals surface area contributed by atoms with Crippen molar-refractivity contribution in [3.8, 4) is 0 Å². The Morgan fingerprint density at radius 3 is 1.36 bits per heavy atom. The molecule has 72 valence electrons. The molecule has 0 unspecified atom stereocenters. The van der Waals surface area contributed by atoms with E-state index in [0.717, 1.165) is 0 Å². The van der Waals surface area contributed by atoms with Crippen LogP contribution in [0.2, 0.25) is 0 Å². The van der Waals surface area contributed by atoms with Gasteiger partial charge in [0.25, 0.3) is 0 Å². The molecule has 0 bridgehead atoms. The van der Waals surface area contributed by atoms with Crippen LogP contribution < -0.4 is 10.6 Å². The topological polar surface area (TPSA) is 0 Å². The number of hydrogen-bond acceptors (Lipinski definition) is 0. The molecular weight excluding hydrogens is 234 g/mol. The molecule has 2 aromatic carbocycles. The first kappa shape index (κ1) is 9.79. The molecule has 2 aromatic rings. The number of rotatable bonds is 2. The summed E-state index contributed by atoms with van der Waals surface area (Å²) in [5, 5.41) is 2.66. The zero-order chi connectivity index (χ0) is 9.80. The molecule has 14 heavy (non-hydrogen) atoms. The summed E-state index contributed by atoms with van der Waals surface area (Å²) in [4.78, 5) is 0. The third-order valence-corrected chi connectivity index (χ3v) is 5.14. The molecule has 0 atom stereocenters. The Hall–Kier alpha value is -0.754. The van der Waals surface area contributed by atoms with Gasteiger partial charge in [0.1, 0.15) is 0 Å². The van der Waals surface area contributed by atoms with Crippen molar-refractivity contribution in [3.05, 3.63) is 60.7 Å². The third kappa shape index (κ3) is 2.19. The van der Waals surface area contributed by atoms with Gasteiger partial charge >= 0.3 is 92.3 Å². The van der Waals surface area contributed by atoms with Gasteiger partial charge < -0.3 is 0 Å². The fourth-order valence-electron chi connectivity index (χ4n) is 1.26. The Morgan fingerprint density at radius 1 is 0.643 bits per heavy atom. The van der Waals surface area contributed by atoms with Gasteiger partial charge in [-0.15, -0.1) is 0 Å². The number of hydrogen-bond donors (Lipinski definition) is 0. The van der Waals surface area contributed by atoms with Crippen LogP contribution in [0.5, 0.6) is 0 Å². The predicted octanol–water partition coefficient (Wildman–Crippen LogP) is 2.31. The van der Waals surface area contributed by atoms with Crippen molar-refractivity contribution >= 4 is 16.8 Å². The fourth-order valence-corrected chi connectivity index (χ4v) is 3.40. The Balaban J connectivity index is 2.35. The molecular formula is C12H11CoP+.